The number of halogens is 1. The molecule has 1 rings (SSSR count). The molecule has 0 saturated carbocycles. The Hall–Kier alpha value is -2.11. The topological polar surface area (TPSA) is 95.4 Å². The number of anilines is 1. The molecular weight excluding hydrogens is 227 g/mol. The second-order valence-electron chi connectivity index (χ2n) is 3.65. The number of aryl methyl sites for hydroxylation is 1. The molecule has 1 aromatic carbocycles. The number of nitrogen functional groups attached to an aromatic ring is 1. The molecule has 1 aromatic rings. The molecule has 0 heterocycles. The first-order valence-corrected chi connectivity index (χ1v) is 4.89. The van der Waals surface area contributed by atoms with Crippen molar-refractivity contribution >= 4 is 17.6 Å². The summed E-state index contributed by atoms with van der Waals surface area (Å²) in [5.74, 6) is -2.50. The van der Waals surface area contributed by atoms with E-state index in [4.69, 9.17) is 11.5 Å². The summed E-state index contributed by atoms with van der Waals surface area (Å²) in [6.07, 6.45) is -1.12. The molecule has 0 fully saturated rings. The lowest BCUT2D eigenvalue weighted by molar-refractivity contribution is -0.125. The fourth-order valence-corrected chi connectivity index (χ4v) is 1.23. The number of amides is 1. The Balaban J connectivity index is 3.01. The highest BCUT2D eigenvalue weighted by Crippen LogP contribution is 2.18. The van der Waals surface area contributed by atoms with E-state index in [2.05, 4.69) is 4.74 Å². The highest BCUT2D eigenvalue weighted by atomic mass is 19.1. The minimum atomic E-state index is -1.12. The number of esters is 1. The van der Waals surface area contributed by atoms with E-state index in [1.54, 1.807) is 0 Å². The predicted octanol–water partition coefficient (Wildman–Crippen LogP) is 0.747. The Labute approximate surface area is 97.5 Å². The van der Waals surface area contributed by atoms with Gasteiger partial charge < -0.3 is 16.2 Å². The largest absolute Gasteiger partial charge is 0.449 e. The van der Waals surface area contributed by atoms with Crippen LogP contribution < -0.4 is 11.5 Å². The maximum atomic E-state index is 13.6. The average molecular weight is 240 g/mol. The van der Waals surface area contributed by atoms with Gasteiger partial charge in [-0.15, -0.1) is 0 Å². The van der Waals surface area contributed by atoms with Gasteiger partial charge in [0, 0.05) is 5.69 Å². The Bertz CT molecular complexity index is 474. The maximum absolute atomic E-state index is 13.6. The van der Waals surface area contributed by atoms with Crippen LogP contribution in [0, 0.1) is 12.7 Å². The molecule has 1 unspecified atom stereocenters. The van der Waals surface area contributed by atoms with E-state index in [0.717, 1.165) is 6.07 Å². The standard InChI is InChI=1S/C11H13FN2O3/c1-5-3-7(13)4-8(9(5)12)11(16)17-6(2)10(14)15/h3-4,6H,13H2,1-2H3,(H2,14,15). The summed E-state index contributed by atoms with van der Waals surface area (Å²) >= 11 is 0. The van der Waals surface area contributed by atoms with Crippen LogP contribution in [0.2, 0.25) is 0 Å². The van der Waals surface area contributed by atoms with E-state index in [0.29, 0.717) is 0 Å². The fraction of sp³-hybridized carbons (Fsp3) is 0.273. The van der Waals surface area contributed by atoms with Gasteiger partial charge in [0.1, 0.15) is 5.82 Å². The minimum absolute atomic E-state index is 0.226. The third kappa shape index (κ3) is 2.93. The summed E-state index contributed by atoms with van der Waals surface area (Å²) < 4.78 is 18.3. The number of carbonyl (C=O) groups excluding carboxylic acids is 2. The van der Waals surface area contributed by atoms with Gasteiger partial charge in [0.05, 0.1) is 5.56 Å². The van der Waals surface area contributed by atoms with Gasteiger partial charge in [0.25, 0.3) is 5.91 Å². The molecule has 0 spiro atoms. The second kappa shape index (κ2) is 4.82. The van der Waals surface area contributed by atoms with Crippen LogP contribution in [0.3, 0.4) is 0 Å². The van der Waals surface area contributed by atoms with Crippen LogP contribution in [0.15, 0.2) is 12.1 Å². The Morgan fingerprint density at radius 1 is 1.41 bits per heavy atom. The SMILES string of the molecule is Cc1cc(N)cc(C(=O)OC(C)C(N)=O)c1F. The van der Waals surface area contributed by atoms with Crippen LogP contribution in [-0.2, 0) is 9.53 Å². The molecule has 0 aliphatic heterocycles. The number of ether oxygens (including phenoxy) is 1. The lowest BCUT2D eigenvalue weighted by Gasteiger charge is -2.11. The number of rotatable bonds is 3. The van der Waals surface area contributed by atoms with E-state index >= 15 is 0 Å². The summed E-state index contributed by atoms with van der Waals surface area (Å²) in [6, 6.07) is 2.54. The van der Waals surface area contributed by atoms with Gasteiger partial charge in [-0.25, -0.2) is 9.18 Å². The molecule has 1 atom stereocenters. The Morgan fingerprint density at radius 2 is 2.00 bits per heavy atom. The highest BCUT2D eigenvalue weighted by Gasteiger charge is 2.20. The number of primary amides is 1. The predicted molar refractivity (Wildman–Crippen MR) is 59.6 cm³/mol. The van der Waals surface area contributed by atoms with Gasteiger partial charge in [0.15, 0.2) is 6.10 Å². The maximum Gasteiger partial charge on any atom is 0.341 e. The number of hydrogen-bond donors (Lipinski definition) is 2. The van der Waals surface area contributed by atoms with Crippen LogP contribution in [0.4, 0.5) is 10.1 Å². The minimum Gasteiger partial charge on any atom is -0.449 e. The molecule has 4 N–H and O–H groups in total. The van der Waals surface area contributed by atoms with E-state index in [1.165, 1.54) is 19.9 Å². The van der Waals surface area contributed by atoms with Gasteiger partial charge in [-0.05, 0) is 31.5 Å². The zero-order chi connectivity index (χ0) is 13.2. The van der Waals surface area contributed by atoms with Crippen molar-refractivity contribution in [3.8, 4) is 0 Å². The molecule has 6 heteroatoms. The molecule has 0 radical (unpaired) electrons. The molecule has 0 aliphatic rings. The lowest BCUT2D eigenvalue weighted by atomic mass is 10.1. The van der Waals surface area contributed by atoms with Gasteiger partial charge in [0.2, 0.25) is 0 Å². The number of benzene rings is 1. The summed E-state index contributed by atoms with van der Waals surface area (Å²) in [6.45, 7) is 2.78. The van der Waals surface area contributed by atoms with E-state index in [1.807, 2.05) is 0 Å². The second-order valence-corrected chi connectivity index (χ2v) is 3.65. The van der Waals surface area contributed by atoms with E-state index in [9.17, 15) is 14.0 Å². The normalized spacial score (nSPS) is 11.9. The number of carbonyl (C=O) groups is 2. The third-order valence-corrected chi connectivity index (χ3v) is 2.18. The van der Waals surface area contributed by atoms with Crippen LogP contribution in [-0.4, -0.2) is 18.0 Å². The molecular formula is C11H13FN2O3. The van der Waals surface area contributed by atoms with Gasteiger partial charge in [-0.3, -0.25) is 4.79 Å². The van der Waals surface area contributed by atoms with Crippen molar-refractivity contribution in [1.82, 2.24) is 0 Å². The van der Waals surface area contributed by atoms with Crippen molar-refractivity contribution in [3.05, 3.63) is 29.1 Å². The Kier molecular flexibility index (Phi) is 3.67. The zero-order valence-electron chi connectivity index (χ0n) is 9.49. The summed E-state index contributed by atoms with van der Waals surface area (Å²) in [5.41, 5.74) is 10.6. The quantitative estimate of drug-likeness (QED) is 0.601. The highest BCUT2D eigenvalue weighted by molar-refractivity contribution is 5.93. The van der Waals surface area contributed by atoms with Gasteiger partial charge in [-0.2, -0.15) is 0 Å². The van der Waals surface area contributed by atoms with Crippen molar-refractivity contribution in [3.63, 3.8) is 0 Å². The average Bonchev–Trinajstić information content (AvgIpc) is 2.22. The first-order chi connectivity index (χ1) is 7.82. The molecule has 17 heavy (non-hydrogen) atoms. The number of nitrogens with two attached hydrogens (primary N) is 2. The van der Waals surface area contributed by atoms with Crippen molar-refractivity contribution in [2.75, 3.05) is 5.73 Å². The first-order valence-electron chi connectivity index (χ1n) is 4.89. The van der Waals surface area contributed by atoms with Crippen LogP contribution in [0.5, 0.6) is 0 Å². The van der Waals surface area contributed by atoms with E-state index < -0.39 is 23.8 Å². The monoisotopic (exact) mass is 240 g/mol. The summed E-state index contributed by atoms with van der Waals surface area (Å²) in [4.78, 5) is 22.3. The van der Waals surface area contributed by atoms with Crippen LogP contribution in [0.1, 0.15) is 22.8 Å². The van der Waals surface area contributed by atoms with Crippen molar-refractivity contribution in [2.45, 2.75) is 20.0 Å². The molecule has 0 bridgehead atoms. The summed E-state index contributed by atoms with van der Waals surface area (Å²) in [7, 11) is 0. The van der Waals surface area contributed by atoms with E-state index in [-0.39, 0.29) is 16.8 Å². The number of hydrogen-bond acceptors (Lipinski definition) is 4. The van der Waals surface area contributed by atoms with Crippen LogP contribution >= 0.6 is 0 Å². The fourth-order valence-electron chi connectivity index (χ4n) is 1.23. The zero-order valence-corrected chi connectivity index (χ0v) is 9.49. The van der Waals surface area contributed by atoms with Crippen molar-refractivity contribution in [1.29, 1.82) is 0 Å². The molecule has 0 aromatic heterocycles. The lowest BCUT2D eigenvalue weighted by Crippen LogP contribution is -2.30. The molecule has 92 valence electrons. The first kappa shape index (κ1) is 13.0. The van der Waals surface area contributed by atoms with Crippen molar-refractivity contribution in [2.24, 2.45) is 5.73 Å². The molecule has 5 nitrogen and oxygen atoms in total. The van der Waals surface area contributed by atoms with Gasteiger partial charge in [-0.1, -0.05) is 0 Å². The Morgan fingerprint density at radius 3 is 2.53 bits per heavy atom. The smallest absolute Gasteiger partial charge is 0.341 e. The van der Waals surface area contributed by atoms with Gasteiger partial charge >= 0.3 is 5.97 Å². The molecule has 0 aliphatic carbocycles. The third-order valence-electron chi connectivity index (χ3n) is 2.18. The summed E-state index contributed by atoms with van der Waals surface area (Å²) in [5, 5.41) is 0. The van der Waals surface area contributed by atoms with Crippen LogP contribution in [0.25, 0.3) is 0 Å². The molecule has 0 saturated heterocycles. The van der Waals surface area contributed by atoms with Crippen molar-refractivity contribution < 1.29 is 18.7 Å². The molecule has 1 amide bonds.